The summed E-state index contributed by atoms with van der Waals surface area (Å²) in [5, 5.41) is 10.8. The van der Waals surface area contributed by atoms with Crippen LogP contribution in [0.3, 0.4) is 0 Å². The number of nitrogens with two attached hydrogens (primary N) is 1. The third-order valence-corrected chi connectivity index (χ3v) is 6.85. The minimum absolute atomic E-state index is 0.0296. The number of H-pyrrole nitrogens is 1. The summed E-state index contributed by atoms with van der Waals surface area (Å²) in [7, 11) is 0. The molecule has 4 nitrogen and oxygen atoms in total. The highest BCUT2D eigenvalue weighted by Gasteiger charge is 2.32. The molecule has 0 atom stereocenters. The summed E-state index contributed by atoms with van der Waals surface area (Å²) in [5.41, 5.74) is 8.96. The maximum Gasteiger partial charge on any atom is 0.269 e. The Kier molecular flexibility index (Phi) is 4.41. The van der Waals surface area contributed by atoms with E-state index in [4.69, 9.17) is 17.3 Å². The van der Waals surface area contributed by atoms with Gasteiger partial charge in [-0.1, -0.05) is 55.8 Å². The van der Waals surface area contributed by atoms with E-state index >= 15 is 0 Å². The zero-order chi connectivity index (χ0) is 20.1. The summed E-state index contributed by atoms with van der Waals surface area (Å²) in [6.07, 6.45) is 7.03. The fourth-order valence-corrected chi connectivity index (χ4v) is 5.19. The lowest BCUT2D eigenvalue weighted by Crippen LogP contribution is -2.20. The van der Waals surface area contributed by atoms with Crippen molar-refractivity contribution in [2.75, 3.05) is 5.73 Å². The van der Waals surface area contributed by atoms with E-state index in [1.54, 1.807) is 0 Å². The van der Waals surface area contributed by atoms with Gasteiger partial charge in [0.15, 0.2) is 0 Å². The average molecular weight is 408 g/mol. The molecule has 4 rings (SSSR count). The van der Waals surface area contributed by atoms with Gasteiger partial charge in [0.2, 0.25) is 0 Å². The number of anilines is 1. The van der Waals surface area contributed by atoms with Gasteiger partial charge in [0, 0.05) is 26.3 Å². The molecule has 0 bridgehead atoms. The molecule has 0 amide bonds. The van der Waals surface area contributed by atoms with Gasteiger partial charge < -0.3 is 10.7 Å². The van der Waals surface area contributed by atoms with E-state index in [2.05, 4.69) is 31.0 Å². The minimum atomic E-state index is -0.438. The predicted molar refractivity (Wildman–Crippen MR) is 118 cm³/mol. The van der Waals surface area contributed by atoms with Crippen molar-refractivity contribution in [2.45, 2.75) is 25.7 Å². The molecular formula is C22H18ClN3OS. The van der Waals surface area contributed by atoms with Gasteiger partial charge in [-0.2, -0.15) is 5.26 Å². The monoisotopic (exact) mass is 407 g/mol. The Morgan fingerprint density at radius 3 is 2.79 bits per heavy atom. The van der Waals surface area contributed by atoms with Crippen LogP contribution in [0.2, 0.25) is 5.02 Å². The molecule has 0 saturated carbocycles. The van der Waals surface area contributed by atoms with Gasteiger partial charge in [-0.3, -0.25) is 4.79 Å². The van der Waals surface area contributed by atoms with E-state index < -0.39 is 5.56 Å². The number of aromatic amines is 1. The first-order valence-corrected chi connectivity index (χ1v) is 10.0. The number of nitrogen functional groups attached to an aromatic ring is 1. The molecule has 1 aliphatic carbocycles. The van der Waals surface area contributed by atoms with Gasteiger partial charge in [-0.15, -0.1) is 11.3 Å². The fraction of sp³-hybridized carbons (Fsp3) is 0.182. The normalized spacial score (nSPS) is 15.4. The first kappa shape index (κ1) is 18.5. The molecule has 0 radical (unpaired) electrons. The second-order valence-electron chi connectivity index (χ2n) is 7.54. The van der Waals surface area contributed by atoms with Crippen LogP contribution in [0.1, 0.15) is 41.8 Å². The highest BCUT2D eigenvalue weighted by Crippen LogP contribution is 2.47. The fourth-order valence-electron chi connectivity index (χ4n) is 3.70. The summed E-state index contributed by atoms with van der Waals surface area (Å²) >= 11 is 7.80. The van der Waals surface area contributed by atoms with Crippen molar-refractivity contribution in [1.82, 2.24) is 4.98 Å². The number of fused-ring (bicyclic) bond motifs is 3. The number of hydrogen-bond donors (Lipinski definition) is 2. The second kappa shape index (κ2) is 6.66. The third-order valence-electron chi connectivity index (χ3n) is 5.02. The number of rotatable bonds is 2. The molecule has 1 aliphatic rings. The SMILES string of the molecule is CC1(C)CC(/C=C/c2ccccc2Cl)=Cc2c1sc1[nH]c(=O)c(C#N)c(N)c21. The van der Waals surface area contributed by atoms with Crippen LogP contribution >= 0.6 is 22.9 Å². The Balaban J connectivity index is 1.91. The van der Waals surface area contributed by atoms with Crippen LogP contribution < -0.4 is 11.3 Å². The van der Waals surface area contributed by atoms with Crippen LogP contribution in [0.15, 0.2) is 40.7 Å². The van der Waals surface area contributed by atoms with Crippen molar-refractivity contribution in [2.24, 2.45) is 0 Å². The molecule has 3 aromatic rings. The number of allylic oxidation sites excluding steroid dienone is 2. The van der Waals surface area contributed by atoms with Crippen LogP contribution in [0.25, 0.3) is 22.4 Å². The Morgan fingerprint density at radius 1 is 1.32 bits per heavy atom. The Labute approximate surface area is 171 Å². The maximum absolute atomic E-state index is 12.1. The van der Waals surface area contributed by atoms with E-state index in [9.17, 15) is 10.1 Å². The standard InChI is InChI=1S/C22H18ClN3OS/c1-22(2)10-12(7-8-13-5-3-4-6-16(13)23)9-14-17-18(25)15(11-24)20(27)26-21(17)28-19(14)22/h3-9H,10H2,1-2H3,(H3,25,26,27)/b8-7+. The van der Waals surface area contributed by atoms with E-state index in [0.29, 0.717) is 9.85 Å². The van der Waals surface area contributed by atoms with E-state index in [1.807, 2.05) is 36.4 Å². The molecule has 2 heterocycles. The molecule has 1 aromatic carbocycles. The van der Waals surface area contributed by atoms with Gasteiger partial charge in [0.1, 0.15) is 16.5 Å². The molecule has 3 N–H and O–H groups in total. The number of nitriles is 1. The van der Waals surface area contributed by atoms with Crippen LogP contribution in [0.5, 0.6) is 0 Å². The van der Waals surface area contributed by atoms with Crippen molar-refractivity contribution in [3.05, 3.63) is 72.9 Å². The van der Waals surface area contributed by atoms with Crippen molar-refractivity contribution in [3.63, 3.8) is 0 Å². The second-order valence-corrected chi connectivity index (χ2v) is 8.97. The van der Waals surface area contributed by atoms with Crippen molar-refractivity contribution >= 4 is 51.0 Å². The molecule has 0 aliphatic heterocycles. The van der Waals surface area contributed by atoms with Gasteiger partial charge in [0.25, 0.3) is 5.56 Å². The number of aromatic nitrogens is 1. The summed E-state index contributed by atoms with van der Waals surface area (Å²) in [4.78, 5) is 16.8. The van der Waals surface area contributed by atoms with Gasteiger partial charge in [0.05, 0.1) is 5.69 Å². The molecule has 2 aromatic heterocycles. The highest BCUT2D eigenvalue weighted by atomic mass is 35.5. The van der Waals surface area contributed by atoms with Gasteiger partial charge in [-0.05, 0) is 29.7 Å². The number of pyridine rings is 1. The Hall–Kier alpha value is -2.81. The van der Waals surface area contributed by atoms with Crippen LogP contribution in [-0.4, -0.2) is 4.98 Å². The number of thiophene rings is 1. The lowest BCUT2D eigenvalue weighted by atomic mass is 9.77. The molecule has 6 heteroatoms. The smallest absolute Gasteiger partial charge is 0.269 e. The lowest BCUT2D eigenvalue weighted by molar-refractivity contribution is 0.531. The maximum atomic E-state index is 12.1. The molecule has 0 saturated heterocycles. The number of nitrogens with one attached hydrogen (secondary N) is 1. The van der Waals surface area contributed by atoms with Crippen LogP contribution in [0.4, 0.5) is 5.69 Å². The lowest BCUT2D eigenvalue weighted by Gasteiger charge is -2.29. The topological polar surface area (TPSA) is 82.7 Å². The van der Waals surface area contributed by atoms with Crippen molar-refractivity contribution < 1.29 is 0 Å². The first-order chi connectivity index (χ1) is 13.3. The Morgan fingerprint density at radius 2 is 2.07 bits per heavy atom. The quantitative estimate of drug-likeness (QED) is 0.590. The van der Waals surface area contributed by atoms with Crippen LogP contribution in [-0.2, 0) is 5.41 Å². The Bertz CT molecular complexity index is 1270. The predicted octanol–water partition coefficient (Wildman–Crippen LogP) is 5.47. The zero-order valence-electron chi connectivity index (χ0n) is 15.5. The number of halogens is 1. The average Bonchev–Trinajstić information content (AvgIpc) is 3.00. The van der Waals surface area contributed by atoms with Crippen molar-refractivity contribution in [3.8, 4) is 6.07 Å². The molecule has 140 valence electrons. The van der Waals surface area contributed by atoms with E-state index in [1.165, 1.54) is 11.3 Å². The zero-order valence-corrected chi connectivity index (χ0v) is 17.0. The first-order valence-electron chi connectivity index (χ1n) is 8.84. The summed E-state index contributed by atoms with van der Waals surface area (Å²) in [6, 6.07) is 9.62. The number of nitrogens with zero attached hydrogens (tertiary/aromatic N) is 1. The summed E-state index contributed by atoms with van der Waals surface area (Å²) < 4.78 is 0. The van der Waals surface area contributed by atoms with E-state index in [-0.39, 0.29) is 16.7 Å². The van der Waals surface area contributed by atoms with Crippen molar-refractivity contribution in [1.29, 1.82) is 5.26 Å². The molecule has 0 fully saturated rings. The van der Waals surface area contributed by atoms with E-state index in [0.717, 1.165) is 33.4 Å². The highest BCUT2D eigenvalue weighted by molar-refractivity contribution is 7.19. The molecule has 28 heavy (non-hydrogen) atoms. The molecule has 0 spiro atoms. The largest absolute Gasteiger partial charge is 0.397 e. The molecular weight excluding hydrogens is 390 g/mol. The summed E-state index contributed by atoms with van der Waals surface area (Å²) in [6.45, 7) is 4.36. The third kappa shape index (κ3) is 2.95. The summed E-state index contributed by atoms with van der Waals surface area (Å²) in [5.74, 6) is 0. The number of hydrogen-bond acceptors (Lipinski definition) is 4. The number of benzene rings is 1. The van der Waals surface area contributed by atoms with Gasteiger partial charge >= 0.3 is 0 Å². The minimum Gasteiger partial charge on any atom is -0.397 e. The molecule has 0 unspecified atom stereocenters. The van der Waals surface area contributed by atoms with Gasteiger partial charge in [-0.25, -0.2) is 0 Å². The van der Waals surface area contributed by atoms with Crippen LogP contribution in [0, 0.1) is 11.3 Å².